The third-order valence-corrected chi connectivity index (χ3v) is 2.26. The summed E-state index contributed by atoms with van der Waals surface area (Å²) < 4.78 is 4.64. The van der Waals surface area contributed by atoms with Gasteiger partial charge in [0.05, 0.1) is 7.11 Å². The van der Waals surface area contributed by atoms with Crippen molar-refractivity contribution in [1.82, 2.24) is 10.3 Å². The minimum absolute atomic E-state index is 0.111. The quantitative estimate of drug-likeness (QED) is 0.633. The van der Waals surface area contributed by atoms with Crippen molar-refractivity contribution in [1.29, 1.82) is 0 Å². The van der Waals surface area contributed by atoms with Crippen molar-refractivity contribution >= 4 is 18.0 Å². The van der Waals surface area contributed by atoms with Gasteiger partial charge in [-0.25, -0.2) is 4.79 Å². The Bertz CT molecular complexity index is 453. The van der Waals surface area contributed by atoms with Gasteiger partial charge in [-0.2, -0.15) is 0 Å². The highest BCUT2D eigenvalue weighted by Crippen LogP contribution is 2.14. The summed E-state index contributed by atoms with van der Waals surface area (Å²) in [7, 11) is 1.27. The van der Waals surface area contributed by atoms with Crippen LogP contribution in [-0.4, -0.2) is 24.0 Å². The fraction of sp³-hybridized carbons (Fsp3) is 0.385. The van der Waals surface area contributed by atoms with Crippen LogP contribution in [0, 0.1) is 5.41 Å². The molecule has 0 atom stereocenters. The van der Waals surface area contributed by atoms with E-state index in [2.05, 4.69) is 15.0 Å². The van der Waals surface area contributed by atoms with Crippen LogP contribution in [0.1, 0.15) is 26.5 Å². The number of esters is 1. The van der Waals surface area contributed by atoms with Gasteiger partial charge in [-0.3, -0.25) is 4.79 Å². The number of methoxy groups -OCH3 is 1. The molecule has 0 aromatic carbocycles. The lowest BCUT2D eigenvalue weighted by Gasteiger charge is -2.18. The van der Waals surface area contributed by atoms with Crippen molar-refractivity contribution in [2.24, 2.45) is 5.41 Å². The van der Waals surface area contributed by atoms with Crippen LogP contribution in [0.25, 0.3) is 6.08 Å². The van der Waals surface area contributed by atoms with Crippen LogP contribution in [0.5, 0.6) is 0 Å². The number of nitrogens with one attached hydrogen (secondary N) is 2. The third-order valence-electron chi connectivity index (χ3n) is 2.26. The summed E-state index contributed by atoms with van der Waals surface area (Å²) in [6.45, 7) is 5.31. The molecule has 0 saturated heterocycles. The van der Waals surface area contributed by atoms with Crippen LogP contribution < -0.4 is 5.32 Å². The van der Waals surface area contributed by atoms with Gasteiger partial charge in [0.25, 0.3) is 0 Å². The summed E-state index contributed by atoms with van der Waals surface area (Å²) in [5, 5.41) is 2.57. The minimum Gasteiger partial charge on any atom is -0.464 e. The second-order valence-electron chi connectivity index (χ2n) is 4.88. The van der Waals surface area contributed by atoms with E-state index in [-0.39, 0.29) is 11.6 Å². The number of aromatic nitrogens is 1. The van der Waals surface area contributed by atoms with Crippen molar-refractivity contribution in [2.45, 2.75) is 20.8 Å². The molecule has 98 valence electrons. The van der Waals surface area contributed by atoms with Crippen LogP contribution in [-0.2, 0) is 14.3 Å². The molecule has 2 N–H and O–H groups in total. The third kappa shape index (κ3) is 3.76. The molecule has 18 heavy (non-hydrogen) atoms. The summed E-state index contributed by atoms with van der Waals surface area (Å²) >= 11 is 0. The number of H-pyrrole nitrogens is 1. The predicted molar refractivity (Wildman–Crippen MR) is 68.4 cm³/mol. The summed E-state index contributed by atoms with van der Waals surface area (Å²) in [5.41, 5.74) is 0.243. The Kier molecular flexibility index (Phi) is 4.31. The van der Waals surface area contributed by atoms with E-state index in [1.54, 1.807) is 39.1 Å². The van der Waals surface area contributed by atoms with Gasteiger partial charge >= 0.3 is 5.97 Å². The topological polar surface area (TPSA) is 71.2 Å². The first-order valence-corrected chi connectivity index (χ1v) is 5.59. The molecule has 0 spiro atoms. The number of amides is 1. The molecule has 0 bridgehead atoms. The number of ether oxygens (including phenoxy) is 1. The molecule has 0 aliphatic heterocycles. The van der Waals surface area contributed by atoms with Gasteiger partial charge in [0.15, 0.2) is 0 Å². The molecule has 1 aromatic heterocycles. The minimum atomic E-state index is -0.581. The molecule has 5 heteroatoms. The van der Waals surface area contributed by atoms with Crippen molar-refractivity contribution in [3.05, 3.63) is 29.7 Å². The molecule has 0 saturated carbocycles. The maximum Gasteiger partial charge on any atom is 0.354 e. The lowest BCUT2D eigenvalue weighted by Crippen LogP contribution is -2.36. The van der Waals surface area contributed by atoms with Crippen LogP contribution in [0.4, 0.5) is 0 Å². The summed E-state index contributed by atoms with van der Waals surface area (Å²) in [6, 6.07) is 3.58. The Labute approximate surface area is 106 Å². The highest BCUT2D eigenvalue weighted by Gasteiger charge is 2.24. The van der Waals surface area contributed by atoms with Crippen LogP contribution in [0.15, 0.2) is 24.0 Å². The van der Waals surface area contributed by atoms with E-state index in [1.807, 2.05) is 0 Å². The standard InChI is InChI=1S/C13H18N2O3/c1-13(2,3)12(17)15-10(11(16)18-4)8-9-6-5-7-14-9/h5-8,14H,1-4H3,(H,15,17)/b10-8-. The Balaban J connectivity index is 2.94. The Morgan fingerprint density at radius 1 is 1.39 bits per heavy atom. The number of carbonyl (C=O) groups is 2. The first-order valence-electron chi connectivity index (χ1n) is 5.59. The highest BCUT2D eigenvalue weighted by molar-refractivity contribution is 5.98. The highest BCUT2D eigenvalue weighted by atomic mass is 16.5. The summed E-state index contributed by atoms with van der Waals surface area (Å²) in [4.78, 5) is 26.4. The largest absolute Gasteiger partial charge is 0.464 e. The smallest absolute Gasteiger partial charge is 0.354 e. The van der Waals surface area contributed by atoms with Gasteiger partial charge in [-0.1, -0.05) is 20.8 Å². The molecular formula is C13H18N2O3. The molecule has 0 aliphatic rings. The number of hydrogen-bond donors (Lipinski definition) is 2. The van der Waals surface area contributed by atoms with E-state index >= 15 is 0 Å². The maximum atomic E-state index is 11.9. The lowest BCUT2D eigenvalue weighted by molar-refractivity contribution is -0.138. The number of hydrogen-bond acceptors (Lipinski definition) is 3. The second kappa shape index (κ2) is 5.53. The first-order chi connectivity index (χ1) is 8.34. The molecule has 1 amide bonds. The molecule has 1 aromatic rings. The zero-order chi connectivity index (χ0) is 13.8. The van der Waals surface area contributed by atoms with E-state index in [9.17, 15) is 9.59 Å². The number of rotatable bonds is 3. The van der Waals surface area contributed by atoms with Crippen LogP contribution in [0.2, 0.25) is 0 Å². The Morgan fingerprint density at radius 2 is 2.06 bits per heavy atom. The molecule has 0 unspecified atom stereocenters. The van der Waals surface area contributed by atoms with Crippen molar-refractivity contribution < 1.29 is 14.3 Å². The summed E-state index contributed by atoms with van der Waals surface area (Å²) in [5.74, 6) is -0.826. The summed E-state index contributed by atoms with van der Waals surface area (Å²) in [6.07, 6.45) is 3.27. The fourth-order valence-corrected chi connectivity index (χ4v) is 1.16. The van der Waals surface area contributed by atoms with E-state index in [4.69, 9.17) is 0 Å². The van der Waals surface area contributed by atoms with E-state index in [1.165, 1.54) is 13.2 Å². The van der Waals surface area contributed by atoms with Gasteiger partial charge < -0.3 is 15.0 Å². The molecule has 1 rings (SSSR count). The molecule has 0 radical (unpaired) electrons. The number of carbonyl (C=O) groups excluding carboxylic acids is 2. The van der Waals surface area contributed by atoms with Gasteiger partial charge in [0.2, 0.25) is 5.91 Å². The Hall–Kier alpha value is -2.04. The lowest BCUT2D eigenvalue weighted by atomic mass is 9.95. The second-order valence-corrected chi connectivity index (χ2v) is 4.88. The first kappa shape index (κ1) is 14.0. The zero-order valence-electron chi connectivity index (χ0n) is 11.0. The zero-order valence-corrected chi connectivity index (χ0v) is 11.0. The van der Waals surface area contributed by atoms with E-state index in [0.29, 0.717) is 5.69 Å². The molecule has 1 heterocycles. The van der Waals surface area contributed by atoms with Gasteiger partial charge in [-0.15, -0.1) is 0 Å². The van der Waals surface area contributed by atoms with E-state index in [0.717, 1.165) is 0 Å². The monoisotopic (exact) mass is 250 g/mol. The Morgan fingerprint density at radius 3 is 2.50 bits per heavy atom. The van der Waals surface area contributed by atoms with Crippen molar-refractivity contribution in [3.8, 4) is 0 Å². The van der Waals surface area contributed by atoms with Crippen molar-refractivity contribution in [2.75, 3.05) is 7.11 Å². The number of aromatic amines is 1. The fourth-order valence-electron chi connectivity index (χ4n) is 1.16. The molecule has 0 fully saturated rings. The van der Waals surface area contributed by atoms with Gasteiger partial charge in [0.1, 0.15) is 5.70 Å². The predicted octanol–water partition coefficient (Wildman–Crippen LogP) is 1.69. The normalized spacial score (nSPS) is 12.1. The average Bonchev–Trinajstić information content (AvgIpc) is 2.78. The molecule has 0 aliphatic carbocycles. The van der Waals surface area contributed by atoms with E-state index < -0.39 is 11.4 Å². The average molecular weight is 250 g/mol. The molecular weight excluding hydrogens is 232 g/mol. The maximum absolute atomic E-state index is 11.9. The van der Waals surface area contributed by atoms with Crippen molar-refractivity contribution in [3.63, 3.8) is 0 Å². The van der Waals surface area contributed by atoms with Gasteiger partial charge in [0, 0.05) is 17.3 Å². The van der Waals surface area contributed by atoms with Crippen LogP contribution in [0.3, 0.4) is 0 Å². The molecule has 5 nitrogen and oxygen atoms in total. The van der Waals surface area contributed by atoms with Crippen LogP contribution >= 0.6 is 0 Å². The SMILES string of the molecule is COC(=O)/C(=C/c1ccc[nH]1)NC(=O)C(C)(C)C. The van der Waals surface area contributed by atoms with Gasteiger partial charge in [-0.05, 0) is 18.2 Å².